The standard InChI is InChI=1S/C17H27N3O/c1-13(2)16-10-14(12-18-15-4-5-15)11-17(19-16)20-6-3-8-21-9-7-20/h10-11,13,15,18H,3-9,12H2,1-2H3. The fraction of sp³-hybridized carbons (Fsp3) is 0.706. The Morgan fingerprint density at radius 3 is 2.90 bits per heavy atom. The molecule has 0 spiro atoms. The fourth-order valence-corrected chi connectivity index (χ4v) is 2.68. The van der Waals surface area contributed by atoms with Crippen LogP contribution in [0.3, 0.4) is 0 Å². The molecule has 1 saturated carbocycles. The van der Waals surface area contributed by atoms with Gasteiger partial charge in [-0.2, -0.15) is 0 Å². The number of rotatable bonds is 5. The number of aromatic nitrogens is 1. The number of ether oxygens (including phenoxy) is 1. The zero-order chi connectivity index (χ0) is 14.7. The molecule has 1 aromatic heterocycles. The Balaban J connectivity index is 1.78. The fourth-order valence-electron chi connectivity index (χ4n) is 2.68. The summed E-state index contributed by atoms with van der Waals surface area (Å²) in [7, 11) is 0. The van der Waals surface area contributed by atoms with E-state index in [2.05, 4.69) is 36.2 Å². The second kappa shape index (κ2) is 6.75. The van der Waals surface area contributed by atoms with Gasteiger partial charge >= 0.3 is 0 Å². The number of hydrogen-bond acceptors (Lipinski definition) is 4. The van der Waals surface area contributed by atoms with Gasteiger partial charge in [0.2, 0.25) is 0 Å². The zero-order valence-electron chi connectivity index (χ0n) is 13.3. The molecule has 1 aromatic rings. The average Bonchev–Trinajstić information content (AvgIpc) is 3.31. The lowest BCUT2D eigenvalue weighted by Crippen LogP contribution is -2.27. The molecule has 0 radical (unpaired) electrons. The van der Waals surface area contributed by atoms with E-state index in [4.69, 9.17) is 9.72 Å². The first-order valence-electron chi connectivity index (χ1n) is 8.29. The number of hydrogen-bond donors (Lipinski definition) is 1. The normalized spacial score (nSPS) is 19.9. The van der Waals surface area contributed by atoms with Gasteiger partial charge in [-0.25, -0.2) is 4.98 Å². The lowest BCUT2D eigenvalue weighted by atomic mass is 10.1. The highest BCUT2D eigenvalue weighted by atomic mass is 16.5. The summed E-state index contributed by atoms with van der Waals surface area (Å²) in [6, 6.07) is 5.26. The van der Waals surface area contributed by atoms with Crippen molar-refractivity contribution in [3.8, 4) is 0 Å². The van der Waals surface area contributed by atoms with Gasteiger partial charge in [0.25, 0.3) is 0 Å². The quantitative estimate of drug-likeness (QED) is 0.904. The van der Waals surface area contributed by atoms with E-state index in [0.717, 1.165) is 51.1 Å². The van der Waals surface area contributed by atoms with E-state index in [9.17, 15) is 0 Å². The molecule has 1 aliphatic heterocycles. The van der Waals surface area contributed by atoms with Gasteiger partial charge in [-0.15, -0.1) is 0 Å². The maximum Gasteiger partial charge on any atom is 0.129 e. The molecule has 1 saturated heterocycles. The van der Waals surface area contributed by atoms with E-state index in [-0.39, 0.29) is 0 Å². The lowest BCUT2D eigenvalue weighted by Gasteiger charge is -2.23. The Kier molecular flexibility index (Phi) is 4.76. The van der Waals surface area contributed by atoms with Gasteiger partial charge in [-0.05, 0) is 42.9 Å². The molecule has 0 amide bonds. The van der Waals surface area contributed by atoms with Crippen molar-refractivity contribution in [2.24, 2.45) is 0 Å². The lowest BCUT2D eigenvalue weighted by molar-refractivity contribution is 0.152. The van der Waals surface area contributed by atoms with Crippen LogP contribution in [0, 0.1) is 0 Å². The molecule has 4 nitrogen and oxygen atoms in total. The summed E-state index contributed by atoms with van der Waals surface area (Å²) < 4.78 is 5.56. The smallest absolute Gasteiger partial charge is 0.129 e. The molecule has 21 heavy (non-hydrogen) atoms. The first-order valence-corrected chi connectivity index (χ1v) is 8.29. The van der Waals surface area contributed by atoms with Crippen LogP contribution in [0.25, 0.3) is 0 Å². The van der Waals surface area contributed by atoms with Crippen molar-refractivity contribution in [1.29, 1.82) is 0 Å². The molecule has 0 bridgehead atoms. The van der Waals surface area contributed by atoms with E-state index >= 15 is 0 Å². The van der Waals surface area contributed by atoms with Gasteiger partial charge < -0.3 is 15.0 Å². The van der Waals surface area contributed by atoms with Crippen LogP contribution in [0.5, 0.6) is 0 Å². The van der Waals surface area contributed by atoms with Gasteiger partial charge in [0.15, 0.2) is 0 Å². The third-order valence-corrected chi connectivity index (χ3v) is 4.20. The molecule has 3 rings (SSSR count). The van der Waals surface area contributed by atoms with Crippen LogP contribution in [0.4, 0.5) is 5.82 Å². The number of nitrogens with one attached hydrogen (secondary N) is 1. The van der Waals surface area contributed by atoms with Crippen molar-refractivity contribution in [3.63, 3.8) is 0 Å². The molecule has 0 unspecified atom stereocenters. The summed E-state index contributed by atoms with van der Waals surface area (Å²) in [6.45, 7) is 9.07. The maximum atomic E-state index is 5.56. The van der Waals surface area contributed by atoms with E-state index in [1.165, 1.54) is 24.1 Å². The van der Waals surface area contributed by atoms with Crippen LogP contribution in [0.15, 0.2) is 12.1 Å². The first kappa shape index (κ1) is 14.8. The largest absolute Gasteiger partial charge is 0.380 e. The Labute approximate surface area is 127 Å². The monoisotopic (exact) mass is 289 g/mol. The summed E-state index contributed by atoms with van der Waals surface area (Å²) in [5, 5.41) is 3.61. The van der Waals surface area contributed by atoms with E-state index in [1.807, 2.05) is 0 Å². The molecule has 0 atom stereocenters. The van der Waals surface area contributed by atoms with Crippen LogP contribution in [-0.4, -0.2) is 37.3 Å². The highest BCUT2D eigenvalue weighted by Gasteiger charge is 2.20. The summed E-state index contributed by atoms with van der Waals surface area (Å²) in [6.07, 6.45) is 3.75. The minimum Gasteiger partial charge on any atom is -0.380 e. The van der Waals surface area contributed by atoms with Gasteiger partial charge in [-0.3, -0.25) is 0 Å². The molecule has 2 aliphatic rings. The summed E-state index contributed by atoms with van der Waals surface area (Å²) in [5.74, 6) is 1.59. The first-order chi connectivity index (χ1) is 10.2. The van der Waals surface area contributed by atoms with Crippen molar-refractivity contribution in [2.75, 3.05) is 31.2 Å². The van der Waals surface area contributed by atoms with Gasteiger partial charge in [0.1, 0.15) is 5.82 Å². The Bertz CT molecular complexity index is 463. The van der Waals surface area contributed by atoms with Crippen molar-refractivity contribution >= 4 is 5.82 Å². The highest BCUT2D eigenvalue weighted by Crippen LogP contribution is 2.23. The second-order valence-corrected chi connectivity index (χ2v) is 6.52. The summed E-state index contributed by atoms with van der Waals surface area (Å²) in [4.78, 5) is 7.26. The van der Waals surface area contributed by atoms with Crippen LogP contribution in [0.2, 0.25) is 0 Å². The third-order valence-electron chi connectivity index (χ3n) is 4.20. The van der Waals surface area contributed by atoms with Crippen molar-refractivity contribution in [2.45, 2.75) is 51.6 Å². The summed E-state index contributed by atoms with van der Waals surface area (Å²) in [5.41, 5.74) is 2.56. The van der Waals surface area contributed by atoms with Crippen LogP contribution in [0.1, 0.15) is 50.3 Å². The van der Waals surface area contributed by atoms with Crippen molar-refractivity contribution in [3.05, 3.63) is 23.4 Å². The van der Waals surface area contributed by atoms with E-state index in [1.54, 1.807) is 0 Å². The third kappa shape index (κ3) is 4.17. The minimum absolute atomic E-state index is 0.466. The molecule has 2 heterocycles. The Morgan fingerprint density at radius 1 is 1.29 bits per heavy atom. The predicted octanol–water partition coefficient (Wildman–Crippen LogP) is 2.68. The second-order valence-electron chi connectivity index (χ2n) is 6.52. The van der Waals surface area contributed by atoms with E-state index < -0.39 is 0 Å². The van der Waals surface area contributed by atoms with Crippen molar-refractivity contribution in [1.82, 2.24) is 10.3 Å². The Morgan fingerprint density at radius 2 is 2.14 bits per heavy atom. The SMILES string of the molecule is CC(C)c1cc(CNC2CC2)cc(N2CCCOCC2)n1. The molecule has 2 fully saturated rings. The highest BCUT2D eigenvalue weighted by molar-refractivity contribution is 5.43. The Hall–Kier alpha value is -1.13. The number of pyridine rings is 1. The average molecular weight is 289 g/mol. The zero-order valence-corrected chi connectivity index (χ0v) is 13.3. The molecule has 116 valence electrons. The summed E-state index contributed by atoms with van der Waals surface area (Å²) >= 11 is 0. The topological polar surface area (TPSA) is 37.4 Å². The number of nitrogens with zero attached hydrogens (tertiary/aromatic N) is 2. The predicted molar refractivity (Wildman–Crippen MR) is 85.8 cm³/mol. The van der Waals surface area contributed by atoms with Crippen molar-refractivity contribution < 1.29 is 4.74 Å². The van der Waals surface area contributed by atoms with E-state index in [0.29, 0.717) is 5.92 Å². The minimum atomic E-state index is 0.466. The molecule has 1 N–H and O–H groups in total. The molecule has 0 aromatic carbocycles. The maximum absolute atomic E-state index is 5.56. The van der Waals surface area contributed by atoms with Gasteiger partial charge in [0.05, 0.1) is 6.61 Å². The number of anilines is 1. The molecular weight excluding hydrogens is 262 g/mol. The van der Waals surface area contributed by atoms with Crippen LogP contribution < -0.4 is 10.2 Å². The van der Waals surface area contributed by atoms with Gasteiger partial charge in [0, 0.05) is 38.0 Å². The van der Waals surface area contributed by atoms with Crippen LogP contribution >= 0.6 is 0 Å². The molecule has 4 heteroatoms. The molecular formula is C17H27N3O. The molecule has 1 aliphatic carbocycles. The van der Waals surface area contributed by atoms with Crippen LogP contribution in [-0.2, 0) is 11.3 Å². The van der Waals surface area contributed by atoms with Gasteiger partial charge in [-0.1, -0.05) is 13.8 Å².